The molecule has 18 heavy (non-hydrogen) atoms. The summed E-state index contributed by atoms with van der Waals surface area (Å²) in [6, 6.07) is -0.0402. The predicted molar refractivity (Wildman–Crippen MR) is 69.3 cm³/mol. The molecule has 1 aliphatic heterocycles. The molecule has 0 aromatic heterocycles. The lowest BCUT2D eigenvalue weighted by Crippen LogP contribution is -2.50. The summed E-state index contributed by atoms with van der Waals surface area (Å²) in [7, 11) is 0. The first-order valence-corrected chi connectivity index (χ1v) is 6.77. The number of hydrogen-bond donors (Lipinski definition) is 0. The molecule has 0 N–H and O–H groups in total. The van der Waals surface area contributed by atoms with Crippen LogP contribution in [0.25, 0.3) is 0 Å². The number of carbonyl (C=O) groups excluding carboxylic acids is 2. The van der Waals surface area contributed by atoms with Crippen molar-refractivity contribution >= 4 is 12.0 Å². The first kappa shape index (κ1) is 14.8. The van der Waals surface area contributed by atoms with Gasteiger partial charge in [0.05, 0.1) is 6.61 Å². The van der Waals surface area contributed by atoms with Crippen LogP contribution in [0, 0.1) is 0 Å². The quantitative estimate of drug-likeness (QED) is 0.721. The first-order valence-electron chi connectivity index (χ1n) is 6.77. The third-order valence-electron chi connectivity index (χ3n) is 3.10. The van der Waals surface area contributed by atoms with Gasteiger partial charge >= 0.3 is 12.0 Å². The molecule has 1 fully saturated rings. The lowest BCUT2D eigenvalue weighted by molar-refractivity contribution is -0.144. The van der Waals surface area contributed by atoms with Crippen LogP contribution in [0.5, 0.6) is 0 Å². The van der Waals surface area contributed by atoms with Gasteiger partial charge in [0.15, 0.2) is 0 Å². The molecule has 0 aromatic carbocycles. The molecule has 1 aliphatic rings. The molecule has 5 heteroatoms. The van der Waals surface area contributed by atoms with E-state index in [1.165, 1.54) is 6.42 Å². The minimum atomic E-state index is -0.337. The second-order valence-corrected chi connectivity index (χ2v) is 4.86. The fourth-order valence-corrected chi connectivity index (χ4v) is 2.08. The van der Waals surface area contributed by atoms with Gasteiger partial charge in [-0.3, -0.25) is 4.79 Å². The molecular weight excluding hydrogens is 232 g/mol. The molecule has 2 amide bonds. The summed E-state index contributed by atoms with van der Waals surface area (Å²) in [5, 5.41) is 0. The summed E-state index contributed by atoms with van der Waals surface area (Å²) >= 11 is 0. The fourth-order valence-electron chi connectivity index (χ4n) is 2.08. The molecule has 0 spiro atoms. The monoisotopic (exact) mass is 256 g/mol. The molecule has 104 valence electrons. The van der Waals surface area contributed by atoms with Crippen LogP contribution < -0.4 is 0 Å². The van der Waals surface area contributed by atoms with Crippen molar-refractivity contribution in [3.63, 3.8) is 0 Å². The van der Waals surface area contributed by atoms with Gasteiger partial charge in [-0.25, -0.2) is 4.79 Å². The zero-order chi connectivity index (χ0) is 13.5. The molecule has 0 atom stereocenters. The maximum atomic E-state index is 12.3. The van der Waals surface area contributed by atoms with Crippen LogP contribution in [0.4, 0.5) is 4.79 Å². The highest BCUT2D eigenvalue weighted by molar-refractivity contribution is 5.81. The minimum absolute atomic E-state index is 0.00355. The maximum absolute atomic E-state index is 12.3. The highest BCUT2D eigenvalue weighted by Gasteiger charge is 2.26. The summed E-state index contributed by atoms with van der Waals surface area (Å²) in [6.45, 7) is 7.59. The number of ether oxygens (including phenoxy) is 1. The average molecular weight is 256 g/mol. The van der Waals surface area contributed by atoms with Crippen molar-refractivity contribution in [3.8, 4) is 0 Å². The predicted octanol–water partition coefficient (Wildman–Crippen LogP) is 1.87. The zero-order valence-corrected chi connectivity index (χ0v) is 11.6. The highest BCUT2D eigenvalue weighted by Crippen LogP contribution is 2.13. The largest absolute Gasteiger partial charge is 0.465 e. The third kappa shape index (κ3) is 4.20. The van der Waals surface area contributed by atoms with E-state index in [-0.39, 0.29) is 24.6 Å². The van der Waals surface area contributed by atoms with Crippen LogP contribution in [0.1, 0.15) is 40.0 Å². The Hall–Kier alpha value is -1.26. The van der Waals surface area contributed by atoms with Crippen molar-refractivity contribution in [3.05, 3.63) is 0 Å². The first-order chi connectivity index (χ1) is 8.56. The van der Waals surface area contributed by atoms with E-state index in [9.17, 15) is 9.59 Å². The Kier molecular flexibility index (Phi) is 5.95. The normalized spacial score (nSPS) is 15.7. The molecule has 1 rings (SSSR count). The average Bonchev–Trinajstić information content (AvgIpc) is 2.36. The van der Waals surface area contributed by atoms with Gasteiger partial charge in [-0.15, -0.1) is 0 Å². The van der Waals surface area contributed by atoms with Gasteiger partial charge in [0.1, 0.15) is 6.54 Å². The number of amides is 2. The fraction of sp³-hybridized carbons (Fsp3) is 0.846. The van der Waals surface area contributed by atoms with E-state index < -0.39 is 0 Å². The molecule has 0 aliphatic carbocycles. The van der Waals surface area contributed by atoms with Crippen LogP contribution in [0.2, 0.25) is 0 Å². The second kappa shape index (κ2) is 7.24. The number of hydrogen-bond acceptors (Lipinski definition) is 3. The van der Waals surface area contributed by atoms with Crippen LogP contribution in [0.15, 0.2) is 0 Å². The number of urea groups is 1. The lowest BCUT2D eigenvalue weighted by atomic mass is 10.1. The summed E-state index contributed by atoms with van der Waals surface area (Å²) in [5.74, 6) is -0.337. The Morgan fingerprint density at radius 3 is 2.33 bits per heavy atom. The van der Waals surface area contributed by atoms with Gasteiger partial charge in [-0.1, -0.05) is 0 Å². The van der Waals surface area contributed by atoms with Gasteiger partial charge in [0.2, 0.25) is 0 Å². The van der Waals surface area contributed by atoms with Gasteiger partial charge in [-0.2, -0.15) is 0 Å². The van der Waals surface area contributed by atoms with E-state index in [4.69, 9.17) is 4.74 Å². The van der Waals surface area contributed by atoms with E-state index in [0.29, 0.717) is 6.61 Å². The van der Waals surface area contributed by atoms with Crippen LogP contribution >= 0.6 is 0 Å². The molecule has 0 saturated carbocycles. The van der Waals surface area contributed by atoms with Gasteiger partial charge in [-0.05, 0) is 40.0 Å². The number of likely N-dealkylation sites (tertiary alicyclic amines) is 1. The Morgan fingerprint density at radius 1 is 1.22 bits per heavy atom. The van der Waals surface area contributed by atoms with Crippen LogP contribution in [-0.2, 0) is 9.53 Å². The number of piperidine rings is 1. The van der Waals surface area contributed by atoms with Gasteiger partial charge < -0.3 is 14.5 Å². The van der Waals surface area contributed by atoms with Crippen LogP contribution in [-0.4, -0.2) is 54.1 Å². The van der Waals surface area contributed by atoms with Crippen molar-refractivity contribution in [2.24, 2.45) is 0 Å². The SMILES string of the molecule is CCOC(=O)CN(C(=O)N1CCCCC1)C(C)C. The van der Waals surface area contributed by atoms with E-state index in [1.54, 1.807) is 11.8 Å². The maximum Gasteiger partial charge on any atom is 0.325 e. The molecule has 0 aromatic rings. The number of esters is 1. The van der Waals surface area contributed by atoms with Crippen molar-refractivity contribution in [2.45, 2.75) is 46.1 Å². The Bertz CT molecular complexity index is 286. The Balaban J connectivity index is 2.59. The van der Waals surface area contributed by atoms with Crippen molar-refractivity contribution in [1.29, 1.82) is 0 Å². The van der Waals surface area contributed by atoms with E-state index in [2.05, 4.69) is 0 Å². The van der Waals surface area contributed by atoms with Crippen molar-refractivity contribution < 1.29 is 14.3 Å². The number of nitrogens with zero attached hydrogens (tertiary/aromatic N) is 2. The van der Waals surface area contributed by atoms with Crippen LogP contribution in [0.3, 0.4) is 0 Å². The lowest BCUT2D eigenvalue weighted by Gasteiger charge is -2.34. The molecule has 5 nitrogen and oxygen atoms in total. The van der Waals surface area contributed by atoms with E-state index in [1.807, 2.05) is 18.7 Å². The summed E-state index contributed by atoms with van der Waals surface area (Å²) in [5.41, 5.74) is 0. The molecule has 1 heterocycles. The Morgan fingerprint density at radius 2 is 1.83 bits per heavy atom. The topological polar surface area (TPSA) is 49.9 Å². The molecular formula is C13H24N2O3. The molecule has 0 bridgehead atoms. The molecule has 0 unspecified atom stereocenters. The summed E-state index contributed by atoms with van der Waals surface area (Å²) in [6.07, 6.45) is 3.29. The molecule has 1 saturated heterocycles. The summed E-state index contributed by atoms with van der Waals surface area (Å²) in [4.78, 5) is 27.3. The summed E-state index contributed by atoms with van der Waals surface area (Å²) < 4.78 is 4.91. The third-order valence-corrected chi connectivity index (χ3v) is 3.10. The number of rotatable bonds is 4. The Labute approximate surface area is 109 Å². The molecule has 0 radical (unpaired) electrons. The standard InChI is InChI=1S/C13H24N2O3/c1-4-18-12(16)10-15(11(2)3)13(17)14-8-6-5-7-9-14/h11H,4-10H2,1-3H3. The van der Waals surface area contributed by atoms with Gasteiger partial charge in [0, 0.05) is 19.1 Å². The minimum Gasteiger partial charge on any atom is -0.465 e. The zero-order valence-electron chi connectivity index (χ0n) is 11.6. The number of carbonyl (C=O) groups is 2. The second-order valence-electron chi connectivity index (χ2n) is 4.86. The van der Waals surface area contributed by atoms with Gasteiger partial charge in [0.25, 0.3) is 0 Å². The van der Waals surface area contributed by atoms with E-state index in [0.717, 1.165) is 25.9 Å². The smallest absolute Gasteiger partial charge is 0.325 e. The highest BCUT2D eigenvalue weighted by atomic mass is 16.5. The van der Waals surface area contributed by atoms with Crippen molar-refractivity contribution in [2.75, 3.05) is 26.2 Å². The van der Waals surface area contributed by atoms with Crippen molar-refractivity contribution in [1.82, 2.24) is 9.80 Å². The van der Waals surface area contributed by atoms with E-state index >= 15 is 0 Å².